The molecule has 0 aliphatic carbocycles. The Balaban J connectivity index is 2.36. The van der Waals surface area contributed by atoms with Crippen molar-refractivity contribution in [2.45, 2.75) is 18.6 Å². The summed E-state index contributed by atoms with van der Waals surface area (Å²) < 4.78 is 7.10. The van der Waals surface area contributed by atoms with Gasteiger partial charge in [0.2, 0.25) is 0 Å². The van der Waals surface area contributed by atoms with Gasteiger partial charge in [0.05, 0.1) is 12.7 Å². The Hall–Kier alpha value is 0.740. The molecular formula is C5H13NO2P2. The number of nitrogens with zero attached hydrogens (tertiary/aromatic N) is 1. The topological polar surface area (TPSA) is 32.7 Å². The number of rotatable bonds is 2. The van der Waals surface area contributed by atoms with Crippen LogP contribution in [0.5, 0.6) is 0 Å². The zero-order chi connectivity index (χ0) is 7.56. The maximum atomic E-state index is 8.83. The van der Waals surface area contributed by atoms with E-state index in [0.29, 0.717) is 0 Å². The van der Waals surface area contributed by atoms with Gasteiger partial charge in [0.1, 0.15) is 0 Å². The fourth-order valence-electron chi connectivity index (χ4n) is 1.18. The highest BCUT2D eigenvalue weighted by Crippen LogP contribution is 2.24. The second kappa shape index (κ2) is 3.94. The Morgan fingerprint density at radius 1 is 1.70 bits per heavy atom. The van der Waals surface area contributed by atoms with Crippen LogP contribution in [0.1, 0.15) is 6.42 Å². The molecule has 0 radical (unpaired) electrons. The van der Waals surface area contributed by atoms with Crippen molar-refractivity contribution in [2.75, 3.05) is 13.2 Å². The minimum Gasteiger partial charge on any atom is -0.395 e. The fourth-order valence-corrected chi connectivity index (χ4v) is 1.82. The molecule has 0 aromatic carbocycles. The smallest absolute Gasteiger partial charge is 0.0756 e. The highest BCUT2D eigenvalue weighted by atomic mass is 31.0. The van der Waals surface area contributed by atoms with Gasteiger partial charge in [-0.2, -0.15) is 0 Å². The van der Waals surface area contributed by atoms with Crippen molar-refractivity contribution in [1.29, 1.82) is 0 Å². The molecule has 1 saturated heterocycles. The van der Waals surface area contributed by atoms with Gasteiger partial charge >= 0.3 is 0 Å². The van der Waals surface area contributed by atoms with E-state index in [2.05, 4.69) is 18.9 Å². The molecule has 2 unspecified atom stereocenters. The summed E-state index contributed by atoms with van der Waals surface area (Å²) in [7, 11) is 4.85. The van der Waals surface area contributed by atoms with Crippen LogP contribution in [0.2, 0.25) is 0 Å². The lowest BCUT2D eigenvalue weighted by Gasteiger charge is -2.14. The maximum absolute atomic E-state index is 8.83. The summed E-state index contributed by atoms with van der Waals surface area (Å²) in [5.74, 6) is 0. The molecule has 1 aliphatic heterocycles. The van der Waals surface area contributed by atoms with Crippen LogP contribution in [0, 0.1) is 0 Å². The van der Waals surface area contributed by atoms with Gasteiger partial charge < -0.3 is 9.63 Å². The monoisotopic (exact) mass is 181 g/mol. The van der Waals surface area contributed by atoms with Crippen LogP contribution in [0.3, 0.4) is 0 Å². The molecule has 1 heterocycles. The van der Waals surface area contributed by atoms with Crippen molar-refractivity contribution in [1.82, 2.24) is 4.67 Å². The van der Waals surface area contributed by atoms with E-state index >= 15 is 0 Å². The molecule has 60 valence electrons. The number of hydrogen-bond acceptors (Lipinski definition) is 3. The third kappa shape index (κ3) is 1.87. The summed E-state index contributed by atoms with van der Waals surface area (Å²) in [6, 6.07) is 0.260. The van der Waals surface area contributed by atoms with Crippen molar-refractivity contribution in [3.8, 4) is 0 Å². The van der Waals surface area contributed by atoms with Crippen molar-refractivity contribution in [2.24, 2.45) is 0 Å². The lowest BCUT2D eigenvalue weighted by Crippen LogP contribution is -2.22. The number of aliphatic hydroxyl groups is 1. The molecule has 1 N–H and O–H groups in total. The van der Waals surface area contributed by atoms with Crippen molar-refractivity contribution in [3.05, 3.63) is 0 Å². The van der Waals surface area contributed by atoms with E-state index in [1.54, 1.807) is 0 Å². The van der Waals surface area contributed by atoms with E-state index in [-0.39, 0.29) is 18.8 Å². The van der Waals surface area contributed by atoms with Crippen LogP contribution < -0.4 is 0 Å². The minimum absolute atomic E-state index is 0.216. The molecule has 0 spiro atoms. The van der Waals surface area contributed by atoms with E-state index in [4.69, 9.17) is 9.63 Å². The van der Waals surface area contributed by atoms with E-state index in [1.807, 2.05) is 4.67 Å². The predicted octanol–water partition coefficient (Wildman–Crippen LogP) is 0.0184. The number of aliphatic hydroxyl groups excluding tert-OH is 1. The Bertz CT molecular complexity index is 114. The summed E-state index contributed by atoms with van der Waals surface area (Å²) in [5.41, 5.74) is 0. The minimum atomic E-state index is 0.216. The molecular weight excluding hydrogens is 168 g/mol. The highest BCUT2D eigenvalue weighted by molar-refractivity contribution is 7.13. The Morgan fingerprint density at radius 2 is 2.40 bits per heavy atom. The zero-order valence-electron chi connectivity index (χ0n) is 5.73. The first-order chi connectivity index (χ1) is 4.77. The van der Waals surface area contributed by atoms with Crippen molar-refractivity contribution < 1.29 is 9.63 Å². The molecule has 1 aliphatic rings. The second-order valence-electron chi connectivity index (χ2n) is 2.53. The van der Waals surface area contributed by atoms with Crippen LogP contribution in [-0.2, 0) is 4.52 Å². The third-order valence-corrected chi connectivity index (χ3v) is 2.84. The fraction of sp³-hybridized carbons (Fsp3) is 1.00. The zero-order valence-corrected chi connectivity index (χ0v) is 8.04. The van der Waals surface area contributed by atoms with E-state index < -0.39 is 0 Å². The van der Waals surface area contributed by atoms with Gasteiger partial charge in [-0.1, -0.05) is 9.39 Å². The Labute approximate surface area is 65.7 Å². The quantitative estimate of drug-likeness (QED) is 0.609. The molecule has 5 heteroatoms. The van der Waals surface area contributed by atoms with Gasteiger partial charge in [-0.05, 0) is 6.42 Å². The van der Waals surface area contributed by atoms with Gasteiger partial charge in [0.25, 0.3) is 0 Å². The first-order valence-electron chi connectivity index (χ1n) is 3.25. The van der Waals surface area contributed by atoms with Gasteiger partial charge in [0, 0.05) is 22.1 Å². The van der Waals surface area contributed by atoms with Crippen molar-refractivity contribution >= 4 is 18.9 Å². The van der Waals surface area contributed by atoms with E-state index in [1.165, 1.54) is 0 Å². The summed E-state index contributed by atoms with van der Waals surface area (Å²) >= 11 is 0. The lowest BCUT2D eigenvalue weighted by atomic mass is 10.2. The van der Waals surface area contributed by atoms with E-state index in [0.717, 1.165) is 13.0 Å². The van der Waals surface area contributed by atoms with Crippen LogP contribution in [0.15, 0.2) is 0 Å². The molecule has 3 nitrogen and oxygen atoms in total. The SMILES string of the molecule is OC[C@@H]1C[C@@H](OP)CN1P. The van der Waals surface area contributed by atoms with Crippen LogP contribution >= 0.6 is 18.9 Å². The van der Waals surface area contributed by atoms with Crippen LogP contribution in [0.25, 0.3) is 0 Å². The average Bonchev–Trinajstić information content (AvgIpc) is 2.30. The summed E-state index contributed by atoms with van der Waals surface area (Å²) in [6.45, 7) is 1.10. The third-order valence-electron chi connectivity index (χ3n) is 1.82. The van der Waals surface area contributed by atoms with Crippen molar-refractivity contribution in [3.63, 3.8) is 0 Å². The molecule has 0 amide bonds. The van der Waals surface area contributed by atoms with E-state index in [9.17, 15) is 0 Å². The maximum Gasteiger partial charge on any atom is 0.0756 e. The van der Waals surface area contributed by atoms with Gasteiger partial charge in [0.15, 0.2) is 0 Å². The molecule has 0 saturated carbocycles. The summed E-state index contributed by atoms with van der Waals surface area (Å²) in [6.07, 6.45) is 1.18. The van der Waals surface area contributed by atoms with Crippen LogP contribution in [0.4, 0.5) is 0 Å². The van der Waals surface area contributed by atoms with Gasteiger partial charge in [-0.15, -0.1) is 0 Å². The Kier molecular flexibility index (Phi) is 3.48. The molecule has 0 aromatic rings. The molecule has 10 heavy (non-hydrogen) atoms. The average molecular weight is 181 g/mol. The first kappa shape index (κ1) is 8.83. The van der Waals surface area contributed by atoms with Crippen LogP contribution in [-0.4, -0.2) is 35.1 Å². The molecule has 4 atom stereocenters. The normalized spacial score (nSPS) is 35.1. The molecule has 1 fully saturated rings. The molecule has 0 aromatic heterocycles. The molecule has 0 bridgehead atoms. The van der Waals surface area contributed by atoms with Gasteiger partial charge in [-0.3, -0.25) is 4.67 Å². The summed E-state index contributed by atoms with van der Waals surface area (Å²) in [4.78, 5) is 0. The largest absolute Gasteiger partial charge is 0.395 e. The highest BCUT2D eigenvalue weighted by Gasteiger charge is 2.28. The Morgan fingerprint density at radius 3 is 2.70 bits per heavy atom. The second-order valence-corrected chi connectivity index (χ2v) is 3.46. The first-order valence-corrected chi connectivity index (χ1v) is 4.24. The predicted molar refractivity (Wildman–Crippen MR) is 46.5 cm³/mol. The lowest BCUT2D eigenvalue weighted by molar-refractivity contribution is 0.216. The number of hydrogen-bond donors (Lipinski definition) is 1. The summed E-state index contributed by atoms with van der Waals surface area (Å²) in [5, 5.41) is 8.83. The van der Waals surface area contributed by atoms with Gasteiger partial charge in [-0.25, -0.2) is 0 Å². The standard InChI is InChI=1S/C5H13NO2P2/c7-3-4-1-5(8-10)2-6(4)9/h4-5,7H,1-3,9-10H2/t4-,5+/m0/s1. The molecule has 1 rings (SSSR count).